The van der Waals surface area contributed by atoms with Gasteiger partial charge in [-0.05, 0) is 18.6 Å². The lowest BCUT2D eigenvalue weighted by atomic mass is 10.1. The summed E-state index contributed by atoms with van der Waals surface area (Å²) in [5, 5.41) is 0.637. The van der Waals surface area contributed by atoms with Gasteiger partial charge in [0.2, 0.25) is 5.91 Å². The van der Waals surface area contributed by atoms with Crippen molar-refractivity contribution in [2.45, 2.75) is 13.3 Å². The number of ether oxygens (including phenoxy) is 1. The van der Waals surface area contributed by atoms with Crippen LogP contribution in [0.1, 0.15) is 11.3 Å². The molecule has 1 aromatic heterocycles. The van der Waals surface area contributed by atoms with Crippen molar-refractivity contribution in [3.63, 3.8) is 0 Å². The average Bonchev–Trinajstić information content (AvgIpc) is 2.56. The number of aromatic amines is 1. The van der Waals surface area contributed by atoms with Gasteiger partial charge in [0.05, 0.1) is 19.0 Å². The molecule has 0 unspecified atom stereocenters. The summed E-state index contributed by atoms with van der Waals surface area (Å²) in [4.78, 5) is 13.9. The van der Waals surface area contributed by atoms with Gasteiger partial charge in [-0.2, -0.15) is 0 Å². The Hall–Kier alpha value is -2.04. The molecule has 2 rings (SSSR count). The van der Waals surface area contributed by atoms with Gasteiger partial charge in [0.25, 0.3) is 0 Å². The number of primary amides is 1. The molecule has 5 heteroatoms. The summed E-state index contributed by atoms with van der Waals surface area (Å²) < 4.78 is 18.7. The zero-order valence-corrected chi connectivity index (χ0v) is 9.63. The number of halogens is 1. The normalized spacial score (nSPS) is 10.8. The standard InChI is InChI=1S/C12H13FN2O2/c1-6-8(5-11(14)16)9-3-7(17-2)4-10(13)12(9)15-6/h3-4,15H,5H2,1-2H3,(H2,14,16). The predicted molar refractivity (Wildman–Crippen MR) is 62.4 cm³/mol. The Morgan fingerprint density at radius 3 is 2.82 bits per heavy atom. The maximum Gasteiger partial charge on any atom is 0.221 e. The third kappa shape index (κ3) is 1.95. The largest absolute Gasteiger partial charge is 0.497 e. The highest BCUT2D eigenvalue weighted by atomic mass is 19.1. The lowest BCUT2D eigenvalue weighted by molar-refractivity contribution is -0.117. The smallest absolute Gasteiger partial charge is 0.221 e. The number of methoxy groups -OCH3 is 1. The molecule has 1 amide bonds. The molecule has 0 aliphatic heterocycles. The van der Waals surface area contributed by atoms with Crippen LogP contribution in [0.4, 0.5) is 4.39 Å². The number of rotatable bonds is 3. The highest BCUT2D eigenvalue weighted by Gasteiger charge is 2.14. The molecule has 0 atom stereocenters. The predicted octanol–water partition coefficient (Wildman–Crippen LogP) is 1.65. The Kier molecular flexibility index (Phi) is 2.75. The second-order valence-corrected chi connectivity index (χ2v) is 3.90. The van der Waals surface area contributed by atoms with E-state index in [0.29, 0.717) is 22.2 Å². The SMILES string of the molecule is COc1cc(F)c2[nH]c(C)c(CC(N)=O)c2c1. The average molecular weight is 236 g/mol. The lowest BCUT2D eigenvalue weighted by Gasteiger charge is -2.02. The molecule has 17 heavy (non-hydrogen) atoms. The van der Waals surface area contributed by atoms with Crippen LogP contribution < -0.4 is 10.5 Å². The number of benzene rings is 1. The first-order valence-electron chi connectivity index (χ1n) is 5.16. The van der Waals surface area contributed by atoms with E-state index < -0.39 is 11.7 Å². The van der Waals surface area contributed by atoms with Crippen molar-refractivity contribution in [3.05, 3.63) is 29.2 Å². The van der Waals surface area contributed by atoms with Gasteiger partial charge in [-0.25, -0.2) is 4.39 Å². The van der Waals surface area contributed by atoms with Crippen molar-refractivity contribution in [1.82, 2.24) is 4.98 Å². The third-order valence-corrected chi connectivity index (χ3v) is 2.74. The summed E-state index contributed by atoms with van der Waals surface area (Å²) in [7, 11) is 1.47. The number of fused-ring (bicyclic) bond motifs is 1. The zero-order chi connectivity index (χ0) is 12.6. The van der Waals surface area contributed by atoms with Crippen LogP contribution in [-0.2, 0) is 11.2 Å². The summed E-state index contributed by atoms with van der Waals surface area (Å²) >= 11 is 0. The number of carbonyl (C=O) groups is 1. The number of H-pyrrole nitrogens is 1. The van der Waals surface area contributed by atoms with E-state index in [2.05, 4.69) is 4.98 Å². The molecule has 0 fully saturated rings. The minimum absolute atomic E-state index is 0.0818. The first-order chi connectivity index (χ1) is 8.02. The van der Waals surface area contributed by atoms with Crippen LogP contribution in [0.2, 0.25) is 0 Å². The molecule has 0 radical (unpaired) electrons. The number of hydrogen-bond acceptors (Lipinski definition) is 2. The molecular weight excluding hydrogens is 223 g/mol. The molecule has 4 nitrogen and oxygen atoms in total. The molecule has 3 N–H and O–H groups in total. The number of nitrogens with two attached hydrogens (primary N) is 1. The molecule has 0 aliphatic carbocycles. The molecule has 0 spiro atoms. The van der Waals surface area contributed by atoms with Crippen molar-refractivity contribution >= 4 is 16.8 Å². The van der Waals surface area contributed by atoms with E-state index in [-0.39, 0.29) is 6.42 Å². The Morgan fingerprint density at radius 1 is 1.53 bits per heavy atom. The van der Waals surface area contributed by atoms with Gasteiger partial charge in [-0.15, -0.1) is 0 Å². The fraction of sp³-hybridized carbons (Fsp3) is 0.250. The maximum atomic E-state index is 13.7. The maximum absolute atomic E-state index is 13.7. The fourth-order valence-electron chi connectivity index (χ4n) is 1.93. The molecule has 0 aliphatic rings. The molecular formula is C12H13FN2O2. The van der Waals surface area contributed by atoms with Gasteiger partial charge in [0, 0.05) is 17.1 Å². The van der Waals surface area contributed by atoms with E-state index in [4.69, 9.17) is 10.5 Å². The van der Waals surface area contributed by atoms with Crippen LogP contribution in [-0.4, -0.2) is 18.0 Å². The lowest BCUT2D eigenvalue weighted by Crippen LogP contribution is -2.14. The van der Waals surface area contributed by atoms with Crippen LogP contribution in [0.25, 0.3) is 10.9 Å². The fourth-order valence-corrected chi connectivity index (χ4v) is 1.93. The summed E-state index contributed by atoms with van der Waals surface area (Å²) in [6.07, 6.45) is 0.0818. The van der Waals surface area contributed by atoms with E-state index in [0.717, 1.165) is 5.69 Å². The van der Waals surface area contributed by atoms with Crippen LogP contribution in [0.3, 0.4) is 0 Å². The van der Waals surface area contributed by atoms with Crippen LogP contribution >= 0.6 is 0 Å². The second-order valence-electron chi connectivity index (χ2n) is 3.90. The highest BCUT2D eigenvalue weighted by molar-refractivity contribution is 5.90. The molecule has 90 valence electrons. The van der Waals surface area contributed by atoms with Crippen LogP contribution in [0.5, 0.6) is 5.75 Å². The Labute approximate surface area is 97.6 Å². The Morgan fingerprint density at radius 2 is 2.24 bits per heavy atom. The summed E-state index contributed by atoms with van der Waals surface area (Å²) in [6, 6.07) is 2.99. The molecule has 0 saturated heterocycles. The first-order valence-corrected chi connectivity index (χ1v) is 5.16. The summed E-state index contributed by atoms with van der Waals surface area (Å²) in [5.41, 5.74) is 7.00. The van der Waals surface area contributed by atoms with E-state index in [9.17, 15) is 9.18 Å². The number of nitrogens with one attached hydrogen (secondary N) is 1. The quantitative estimate of drug-likeness (QED) is 0.850. The molecule has 1 aromatic carbocycles. The Balaban J connectivity index is 2.70. The monoisotopic (exact) mass is 236 g/mol. The van der Waals surface area contributed by atoms with Crippen molar-refractivity contribution in [2.75, 3.05) is 7.11 Å². The summed E-state index contributed by atoms with van der Waals surface area (Å²) in [5.74, 6) is -0.435. The van der Waals surface area contributed by atoms with Gasteiger partial charge < -0.3 is 15.5 Å². The number of carbonyl (C=O) groups excluding carboxylic acids is 1. The van der Waals surface area contributed by atoms with Crippen molar-refractivity contribution < 1.29 is 13.9 Å². The van der Waals surface area contributed by atoms with Gasteiger partial charge >= 0.3 is 0 Å². The second kappa shape index (κ2) is 4.08. The van der Waals surface area contributed by atoms with E-state index in [1.54, 1.807) is 13.0 Å². The van der Waals surface area contributed by atoms with Gasteiger partial charge in [-0.3, -0.25) is 4.79 Å². The zero-order valence-electron chi connectivity index (χ0n) is 9.63. The van der Waals surface area contributed by atoms with Gasteiger partial charge in [0.15, 0.2) is 5.82 Å². The van der Waals surface area contributed by atoms with Crippen LogP contribution in [0.15, 0.2) is 12.1 Å². The molecule has 1 heterocycles. The van der Waals surface area contributed by atoms with E-state index in [1.807, 2.05) is 0 Å². The number of amides is 1. The minimum Gasteiger partial charge on any atom is -0.497 e. The van der Waals surface area contributed by atoms with E-state index >= 15 is 0 Å². The number of aryl methyl sites for hydroxylation is 1. The molecule has 0 saturated carbocycles. The van der Waals surface area contributed by atoms with Crippen molar-refractivity contribution in [2.24, 2.45) is 5.73 Å². The van der Waals surface area contributed by atoms with E-state index in [1.165, 1.54) is 13.2 Å². The number of hydrogen-bond donors (Lipinski definition) is 2. The molecule has 2 aromatic rings. The molecule has 0 bridgehead atoms. The topological polar surface area (TPSA) is 68.1 Å². The first kappa shape index (κ1) is 11.4. The minimum atomic E-state index is -0.447. The van der Waals surface area contributed by atoms with Crippen molar-refractivity contribution in [3.8, 4) is 5.75 Å². The number of aromatic nitrogens is 1. The van der Waals surface area contributed by atoms with Gasteiger partial charge in [0.1, 0.15) is 5.75 Å². The third-order valence-electron chi connectivity index (χ3n) is 2.74. The highest BCUT2D eigenvalue weighted by Crippen LogP contribution is 2.29. The summed E-state index contributed by atoms with van der Waals surface area (Å²) in [6.45, 7) is 1.78. The Bertz CT molecular complexity index is 590. The van der Waals surface area contributed by atoms with Gasteiger partial charge in [-0.1, -0.05) is 0 Å². The van der Waals surface area contributed by atoms with Crippen molar-refractivity contribution in [1.29, 1.82) is 0 Å². The van der Waals surface area contributed by atoms with Crippen LogP contribution in [0, 0.1) is 12.7 Å².